The number of hydrazone groups is 1. The molecular formula is C16H10N4O3. The zero-order chi connectivity index (χ0) is 16.4. The third-order valence-corrected chi connectivity index (χ3v) is 3.51. The van der Waals surface area contributed by atoms with Crippen LogP contribution in [0.5, 0.6) is 0 Å². The van der Waals surface area contributed by atoms with E-state index in [1.54, 1.807) is 12.1 Å². The van der Waals surface area contributed by atoms with Gasteiger partial charge in [0.1, 0.15) is 0 Å². The van der Waals surface area contributed by atoms with Crippen molar-refractivity contribution in [3.8, 4) is 6.07 Å². The Morgan fingerprint density at radius 2 is 1.91 bits per heavy atom. The zero-order valence-electron chi connectivity index (χ0n) is 11.8. The summed E-state index contributed by atoms with van der Waals surface area (Å²) in [6, 6.07) is 13.6. The Balaban J connectivity index is 1.94. The summed E-state index contributed by atoms with van der Waals surface area (Å²) in [4.78, 5) is 22.7. The normalized spacial score (nSPS) is 15.6. The molecule has 0 radical (unpaired) electrons. The Morgan fingerprint density at radius 3 is 2.57 bits per heavy atom. The van der Waals surface area contributed by atoms with Crippen molar-refractivity contribution in [3.05, 3.63) is 75.3 Å². The number of carbonyl (C=O) groups excluding carboxylic acids is 1. The second-order valence-corrected chi connectivity index (χ2v) is 4.86. The van der Waals surface area contributed by atoms with Crippen LogP contribution in [0.15, 0.2) is 53.6 Å². The number of carbonyl (C=O) groups is 1. The summed E-state index contributed by atoms with van der Waals surface area (Å²) < 4.78 is 0. The van der Waals surface area contributed by atoms with E-state index >= 15 is 0 Å². The van der Waals surface area contributed by atoms with Gasteiger partial charge in [0.15, 0.2) is 6.04 Å². The smallest absolute Gasteiger partial charge is 0.267 e. The maximum absolute atomic E-state index is 12.6. The Morgan fingerprint density at radius 1 is 1.22 bits per heavy atom. The summed E-state index contributed by atoms with van der Waals surface area (Å²) in [6.45, 7) is 0. The van der Waals surface area contributed by atoms with Gasteiger partial charge < -0.3 is 0 Å². The molecule has 7 heteroatoms. The van der Waals surface area contributed by atoms with Crippen molar-refractivity contribution in [2.45, 2.75) is 6.04 Å². The minimum absolute atomic E-state index is 0.106. The van der Waals surface area contributed by atoms with Crippen LogP contribution < -0.4 is 0 Å². The molecule has 2 aromatic rings. The lowest BCUT2D eigenvalue weighted by Gasteiger charge is -2.27. The molecule has 1 unspecified atom stereocenters. The number of fused-ring (bicyclic) bond motifs is 1. The van der Waals surface area contributed by atoms with Crippen molar-refractivity contribution in [3.63, 3.8) is 0 Å². The van der Waals surface area contributed by atoms with Crippen molar-refractivity contribution >= 4 is 17.8 Å². The molecule has 0 aromatic heterocycles. The van der Waals surface area contributed by atoms with Crippen LogP contribution in [0.25, 0.3) is 0 Å². The molecule has 0 bridgehead atoms. The Labute approximate surface area is 131 Å². The summed E-state index contributed by atoms with van der Waals surface area (Å²) in [5.41, 5.74) is 1.60. The largest absolute Gasteiger partial charge is 0.275 e. The van der Waals surface area contributed by atoms with Gasteiger partial charge in [-0.05, 0) is 17.7 Å². The molecular weight excluding hydrogens is 296 g/mol. The Hall–Kier alpha value is -3.53. The number of nitro groups is 1. The van der Waals surface area contributed by atoms with E-state index in [1.807, 2.05) is 12.1 Å². The molecule has 1 heterocycles. The van der Waals surface area contributed by atoms with Crippen LogP contribution >= 0.6 is 0 Å². The second kappa shape index (κ2) is 5.69. The van der Waals surface area contributed by atoms with Gasteiger partial charge in [0.25, 0.3) is 11.6 Å². The number of non-ortho nitro benzene ring substituents is 1. The van der Waals surface area contributed by atoms with Crippen molar-refractivity contribution in [2.24, 2.45) is 5.10 Å². The minimum atomic E-state index is -0.834. The maximum Gasteiger partial charge on any atom is 0.275 e. The molecule has 7 nitrogen and oxygen atoms in total. The molecule has 0 aliphatic carbocycles. The number of hydrogen-bond acceptors (Lipinski definition) is 5. The van der Waals surface area contributed by atoms with E-state index < -0.39 is 16.9 Å². The summed E-state index contributed by atoms with van der Waals surface area (Å²) in [5, 5.41) is 25.2. The lowest BCUT2D eigenvalue weighted by Crippen LogP contribution is -2.32. The van der Waals surface area contributed by atoms with Gasteiger partial charge >= 0.3 is 0 Å². The fourth-order valence-corrected chi connectivity index (χ4v) is 2.35. The monoisotopic (exact) mass is 306 g/mol. The van der Waals surface area contributed by atoms with Crippen LogP contribution in [0.2, 0.25) is 0 Å². The Bertz CT molecular complexity index is 852. The summed E-state index contributed by atoms with van der Waals surface area (Å²) >= 11 is 0. The number of amides is 1. The van der Waals surface area contributed by atoms with Gasteiger partial charge in [-0.1, -0.05) is 24.3 Å². The molecule has 0 fully saturated rings. The predicted molar refractivity (Wildman–Crippen MR) is 81.7 cm³/mol. The highest BCUT2D eigenvalue weighted by molar-refractivity contribution is 5.97. The Kier molecular flexibility index (Phi) is 3.57. The van der Waals surface area contributed by atoms with E-state index in [9.17, 15) is 20.2 Å². The number of nitrogens with zero attached hydrogens (tertiary/aromatic N) is 4. The van der Waals surface area contributed by atoms with Crippen LogP contribution in [0.3, 0.4) is 0 Å². The second-order valence-electron chi connectivity index (χ2n) is 4.86. The lowest BCUT2D eigenvalue weighted by molar-refractivity contribution is -0.384. The first-order valence-corrected chi connectivity index (χ1v) is 6.72. The van der Waals surface area contributed by atoms with Crippen LogP contribution in [0.1, 0.15) is 27.5 Å². The summed E-state index contributed by atoms with van der Waals surface area (Å²) in [6.07, 6.45) is 1.52. The highest BCUT2D eigenvalue weighted by Gasteiger charge is 2.30. The summed E-state index contributed by atoms with van der Waals surface area (Å²) in [5.74, 6) is -0.489. The van der Waals surface area contributed by atoms with E-state index in [0.717, 1.165) is 10.6 Å². The number of benzene rings is 2. The van der Waals surface area contributed by atoms with Crippen LogP contribution in [0.4, 0.5) is 5.69 Å². The lowest BCUT2D eigenvalue weighted by atomic mass is 9.99. The fraction of sp³-hybridized carbons (Fsp3) is 0.0625. The maximum atomic E-state index is 12.6. The molecule has 1 atom stereocenters. The molecule has 1 aliphatic rings. The molecule has 0 spiro atoms. The number of rotatable bonds is 2. The molecule has 3 rings (SSSR count). The molecule has 1 aliphatic heterocycles. The first-order chi connectivity index (χ1) is 11.1. The van der Waals surface area contributed by atoms with Crippen molar-refractivity contribution in [2.75, 3.05) is 0 Å². The minimum Gasteiger partial charge on any atom is -0.267 e. The topological polar surface area (TPSA) is 99.6 Å². The van der Waals surface area contributed by atoms with Gasteiger partial charge in [-0.2, -0.15) is 10.4 Å². The molecule has 1 amide bonds. The van der Waals surface area contributed by atoms with Crippen LogP contribution in [0, 0.1) is 21.4 Å². The molecule has 112 valence electrons. The molecule has 23 heavy (non-hydrogen) atoms. The van der Waals surface area contributed by atoms with Gasteiger partial charge in [-0.25, -0.2) is 5.01 Å². The average molecular weight is 306 g/mol. The van der Waals surface area contributed by atoms with Gasteiger partial charge in [0, 0.05) is 23.3 Å². The van der Waals surface area contributed by atoms with Gasteiger partial charge in [-0.3, -0.25) is 14.9 Å². The zero-order valence-corrected chi connectivity index (χ0v) is 11.8. The standard InChI is InChI=1S/C16H10N4O3/c17-9-15-14-4-2-1-3-12(14)10-18-19(15)16(21)11-5-7-13(8-6-11)20(22)23/h1-8,10,15H. The quantitative estimate of drug-likeness (QED) is 0.629. The molecule has 2 aromatic carbocycles. The average Bonchev–Trinajstić information content (AvgIpc) is 2.60. The van der Waals surface area contributed by atoms with Crippen LogP contribution in [-0.4, -0.2) is 22.1 Å². The molecule has 0 N–H and O–H groups in total. The van der Waals surface area contributed by atoms with E-state index in [4.69, 9.17) is 0 Å². The van der Waals surface area contributed by atoms with E-state index in [-0.39, 0.29) is 11.3 Å². The SMILES string of the molecule is N#CC1c2ccccc2C=NN1C(=O)c1ccc([N+](=O)[O-])cc1. The third-order valence-electron chi connectivity index (χ3n) is 3.51. The third kappa shape index (κ3) is 2.53. The highest BCUT2D eigenvalue weighted by atomic mass is 16.6. The molecule has 0 saturated heterocycles. The van der Waals surface area contributed by atoms with Gasteiger partial charge in [0.2, 0.25) is 0 Å². The van der Waals surface area contributed by atoms with E-state index in [0.29, 0.717) is 5.56 Å². The predicted octanol–water partition coefficient (Wildman–Crippen LogP) is 2.65. The summed E-state index contributed by atoms with van der Waals surface area (Å²) in [7, 11) is 0. The van der Waals surface area contributed by atoms with Crippen molar-refractivity contribution < 1.29 is 9.72 Å². The first-order valence-electron chi connectivity index (χ1n) is 6.72. The molecule has 0 saturated carbocycles. The van der Waals surface area contributed by atoms with Crippen molar-refractivity contribution in [1.29, 1.82) is 5.26 Å². The van der Waals surface area contributed by atoms with E-state index in [2.05, 4.69) is 11.2 Å². The van der Waals surface area contributed by atoms with Crippen molar-refractivity contribution in [1.82, 2.24) is 5.01 Å². The fourth-order valence-electron chi connectivity index (χ4n) is 2.35. The van der Waals surface area contributed by atoms with Gasteiger partial charge in [-0.15, -0.1) is 0 Å². The number of nitriles is 1. The van der Waals surface area contributed by atoms with Gasteiger partial charge in [0.05, 0.1) is 17.2 Å². The number of hydrogen-bond donors (Lipinski definition) is 0. The van der Waals surface area contributed by atoms with Crippen LogP contribution in [-0.2, 0) is 0 Å². The van der Waals surface area contributed by atoms with E-state index in [1.165, 1.54) is 30.5 Å². The first kappa shape index (κ1) is 14.4. The highest BCUT2D eigenvalue weighted by Crippen LogP contribution is 2.28. The number of nitro benzene ring substituents is 1.